The van der Waals surface area contributed by atoms with Gasteiger partial charge in [-0.1, -0.05) is 11.6 Å². The first-order valence-corrected chi connectivity index (χ1v) is 11.7. The van der Waals surface area contributed by atoms with E-state index in [-0.39, 0.29) is 23.3 Å². The van der Waals surface area contributed by atoms with E-state index in [2.05, 4.69) is 20.7 Å². The zero-order chi connectivity index (χ0) is 24.9. The normalized spacial score (nSPS) is 18.1. The lowest BCUT2D eigenvalue weighted by atomic mass is 9.92. The number of sulfonamides is 1. The first-order valence-electron chi connectivity index (χ1n) is 10.2. The van der Waals surface area contributed by atoms with Crippen molar-refractivity contribution in [3.8, 4) is 11.8 Å². The Morgan fingerprint density at radius 2 is 1.68 bits per heavy atom. The van der Waals surface area contributed by atoms with E-state index in [0.717, 1.165) is 38.4 Å². The number of carbonyl (C=O) groups is 2. The number of allylic oxidation sites excluding steroid dienone is 1. The summed E-state index contributed by atoms with van der Waals surface area (Å²) in [5, 5.41) is 2.21. The molecule has 5 N–H and O–H groups in total. The fourth-order valence-electron chi connectivity index (χ4n) is 3.78. The molecule has 184 valence electrons. The average Bonchev–Trinajstić information content (AvgIpc) is 3.36. The number of nitrogens with two attached hydrogens (primary N) is 1. The van der Waals surface area contributed by atoms with Crippen molar-refractivity contribution in [2.75, 3.05) is 26.6 Å². The van der Waals surface area contributed by atoms with Gasteiger partial charge in [0.25, 0.3) is 10.0 Å². The second-order valence-corrected chi connectivity index (χ2v) is 8.96. The summed E-state index contributed by atoms with van der Waals surface area (Å²) in [6.07, 6.45) is 6.48. The van der Waals surface area contributed by atoms with E-state index < -0.39 is 33.0 Å². The Bertz CT molecular complexity index is 1150. The molecule has 2 amide bonds. The lowest BCUT2D eigenvalue weighted by Crippen LogP contribution is -2.47. The summed E-state index contributed by atoms with van der Waals surface area (Å²) >= 11 is 0. The minimum atomic E-state index is -4.59. The monoisotopic (exact) mass is 494 g/mol. The van der Waals surface area contributed by atoms with Crippen molar-refractivity contribution in [3.63, 3.8) is 0 Å². The van der Waals surface area contributed by atoms with Crippen LogP contribution in [-0.4, -0.2) is 57.8 Å². The van der Waals surface area contributed by atoms with E-state index in [0.29, 0.717) is 5.57 Å². The molecule has 0 radical (unpaired) electrons. The Morgan fingerprint density at radius 1 is 1.06 bits per heavy atom. The van der Waals surface area contributed by atoms with Crippen LogP contribution in [0.2, 0.25) is 0 Å². The van der Waals surface area contributed by atoms with Gasteiger partial charge in [-0.2, -0.15) is 9.97 Å². The number of aromatic nitrogens is 2. The van der Waals surface area contributed by atoms with E-state index in [4.69, 9.17) is 20.1 Å². The van der Waals surface area contributed by atoms with Crippen molar-refractivity contribution in [1.29, 1.82) is 0 Å². The summed E-state index contributed by atoms with van der Waals surface area (Å²) in [4.78, 5) is 32.3. The Morgan fingerprint density at radius 3 is 2.21 bits per heavy atom. The molecule has 2 aliphatic rings. The highest BCUT2D eigenvalue weighted by molar-refractivity contribution is 7.94. The highest BCUT2D eigenvalue weighted by atomic mass is 32.2. The molecule has 0 saturated heterocycles. The summed E-state index contributed by atoms with van der Waals surface area (Å²) in [6, 6.07) is -0.866. The maximum absolute atomic E-state index is 13.3. The van der Waals surface area contributed by atoms with Crippen LogP contribution in [0.25, 0.3) is 0 Å². The van der Waals surface area contributed by atoms with Gasteiger partial charge in [-0.15, -0.1) is 0 Å². The molecule has 1 atom stereocenters. The number of anilines is 1. The number of ether oxygens (including phenoxy) is 3. The summed E-state index contributed by atoms with van der Waals surface area (Å²) in [7, 11) is -0.767. The van der Waals surface area contributed by atoms with Crippen molar-refractivity contribution in [2.45, 2.75) is 31.7 Å². The van der Waals surface area contributed by atoms with E-state index in [1.54, 1.807) is 6.08 Å². The van der Waals surface area contributed by atoms with Crippen LogP contribution in [0.1, 0.15) is 25.7 Å². The predicted molar refractivity (Wildman–Crippen MR) is 121 cm³/mol. The molecule has 0 spiro atoms. The Kier molecular flexibility index (Phi) is 7.86. The first-order chi connectivity index (χ1) is 16.2. The number of esters is 1. The fraction of sp³-hybridized carbons (Fsp3) is 0.400. The van der Waals surface area contributed by atoms with Crippen LogP contribution in [0, 0.1) is 0 Å². The van der Waals surface area contributed by atoms with Crippen LogP contribution in [-0.2, 0) is 19.6 Å². The number of methoxy groups -OCH3 is 3. The van der Waals surface area contributed by atoms with Crippen molar-refractivity contribution in [2.24, 2.45) is 5.84 Å². The van der Waals surface area contributed by atoms with E-state index >= 15 is 0 Å². The summed E-state index contributed by atoms with van der Waals surface area (Å²) < 4.78 is 43.3. The van der Waals surface area contributed by atoms with Crippen LogP contribution in [0.5, 0.6) is 11.8 Å². The van der Waals surface area contributed by atoms with Crippen molar-refractivity contribution in [1.82, 2.24) is 20.1 Å². The van der Waals surface area contributed by atoms with Gasteiger partial charge >= 0.3 is 12.0 Å². The van der Waals surface area contributed by atoms with Gasteiger partial charge in [0.15, 0.2) is 0 Å². The molecule has 1 aromatic rings. The molecule has 34 heavy (non-hydrogen) atoms. The van der Waals surface area contributed by atoms with E-state index in [1.807, 2.05) is 4.72 Å². The van der Waals surface area contributed by atoms with Gasteiger partial charge in [-0.05, 0) is 37.3 Å². The van der Waals surface area contributed by atoms with Gasteiger partial charge in [0.1, 0.15) is 4.91 Å². The molecule has 1 fully saturated rings. The lowest BCUT2D eigenvalue weighted by Gasteiger charge is -2.27. The van der Waals surface area contributed by atoms with Crippen molar-refractivity contribution < 1.29 is 32.2 Å². The number of amides is 2. The van der Waals surface area contributed by atoms with E-state index in [9.17, 15) is 18.0 Å². The maximum atomic E-state index is 13.3. The van der Waals surface area contributed by atoms with Crippen LogP contribution in [0.3, 0.4) is 0 Å². The third kappa shape index (κ3) is 5.35. The molecule has 1 heterocycles. The van der Waals surface area contributed by atoms with E-state index in [1.165, 1.54) is 26.4 Å². The summed E-state index contributed by atoms with van der Waals surface area (Å²) in [5.74, 6) is 4.73. The zero-order valence-corrected chi connectivity index (χ0v) is 19.7. The number of hydrogen-bond donors (Lipinski definition) is 4. The van der Waals surface area contributed by atoms with Gasteiger partial charge in [-0.3, -0.25) is 11.2 Å². The Balaban J connectivity index is 1.96. The van der Waals surface area contributed by atoms with Crippen LogP contribution in [0.15, 0.2) is 39.8 Å². The number of rotatable bonds is 7. The van der Waals surface area contributed by atoms with Gasteiger partial charge in [0.2, 0.25) is 17.7 Å². The molecule has 0 bridgehead atoms. The van der Waals surface area contributed by atoms with Gasteiger partial charge in [-0.25, -0.2) is 28.2 Å². The second-order valence-electron chi connectivity index (χ2n) is 7.30. The molecule has 13 nitrogen and oxygen atoms in total. The van der Waals surface area contributed by atoms with Crippen LogP contribution in [0.4, 0.5) is 10.7 Å². The average molecular weight is 495 g/mol. The fourth-order valence-corrected chi connectivity index (χ4v) is 5.13. The third-order valence-electron chi connectivity index (χ3n) is 5.29. The minimum Gasteiger partial charge on any atom is -0.481 e. The largest absolute Gasteiger partial charge is 0.481 e. The zero-order valence-electron chi connectivity index (χ0n) is 18.9. The summed E-state index contributed by atoms with van der Waals surface area (Å²) in [6.45, 7) is 0. The highest BCUT2D eigenvalue weighted by Gasteiger charge is 2.38. The second kappa shape index (κ2) is 10.6. The molecule has 2 aliphatic carbocycles. The maximum Gasteiger partial charge on any atom is 0.338 e. The quantitative estimate of drug-likeness (QED) is 0.237. The number of carbonyl (C=O) groups excluding carboxylic acids is 2. The minimum absolute atomic E-state index is 0.0818. The van der Waals surface area contributed by atoms with Gasteiger partial charge < -0.3 is 14.2 Å². The molecular weight excluding hydrogens is 468 g/mol. The molecule has 3 rings (SSSR count). The lowest BCUT2D eigenvalue weighted by molar-refractivity contribution is -0.135. The molecule has 0 aliphatic heterocycles. The predicted octanol–water partition coefficient (Wildman–Crippen LogP) is 0.645. The number of hydrazine groups is 1. The number of nitrogens with zero attached hydrogens (tertiary/aromatic N) is 2. The SMILES string of the molecule is COC(=O)C1=C(S(=O)(=O)NC(=O)Nc2nc(OC)cc(OC)n2)C(NN)C(=C2CCCC2)C=C1. The standard InChI is InChI=1S/C20H26N6O7S/c1-31-14-10-15(32-2)23-19(22-14)24-20(28)26-34(29,30)17-13(18(27)33-3)9-8-12(16(17)25-21)11-6-4-5-7-11/h8-10,16,25H,4-7,21H2,1-3H3,(H2,22,23,24,26,28). The molecule has 0 aromatic carbocycles. The third-order valence-corrected chi connectivity index (χ3v) is 6.78. The van der Waals surface area contributed by atoms with Crippen LogP contribution >= 0.6 is 0 Å². The van der Waals surface area contributed by atoms with Gasteiger partial charge in [0.05, 0.1) is 39.0 Å². The van der Waals surface area contributed by atoms with Crippen LogP contribution < -0.4 is 30.8 Å². The molecule has 1 unspecified atom stereocenters. The molecule has 1 saturated carbocycles. The molecule has 1 aromatic heterocycles. The number of nitrogens with one attached hydrogen (secondary N) is 3. The van der Waals surface area contributed by atoms with Crippen molar-refractivity contribution >= 4 is 28.0 Å². The van der Waals surface area contributed by atoms with Crippen molar-refractivity contribution in [3.05, 3.63) is 39.8 Å². The smallest absolute Gasteiger partial charge is 0.338 e. The number of hydrogen-bond acceptors (Lipinski definition) is 11. The van der Waals surface area contributed by atoms with Gasteiger partial charge in [0, 0.05) is 0 Å². The molecule has 14 heteroatoms. The Labute approximate surface area is 196 Å². The topological polar surface area (TPSA) is 184 Å². The number of urea groups is 1. The Hall–Kier alpha value is -3.49. The molecular formula is C20H26N6O7S. The highest BCUT2D eigenvalue weighted by Crippen LogP contribution is 2.35. The first kappa shape index (κ1) is 25.1. The summed E-state index contributed by atoms with van der Waals surface area (Å²) in [5.41, 5.74) is 3.87.